The van der Waals surface area contributed by atoms with Crippen molar-refractivity contribution in [1.29, 1.82) is 0 Å². The van der Waals surface area contributed by atoms with Crippen LogP contribution in [0.5, 0.6) is 0 Å². The number of amides is 1. The van der Waals surface area contributed by atoms with Crippen LogP contribution in [0.25, 0.3) is 10.9 Å². The van der Waals surface area contributed by atoms with Crippen LogP contribution in [0.15, 0.2) is 53.6 Å². The van der Waals surface area contributed by atoms with E-state index in [1.165, 1.54) is 23.4 Å². The summed E-state index contributed by atoms with van der Waals surface area (Å²) in [6.45, 7) is 4.18. The van der Waals surface area contributed by atoms with Gasteiger partial charge in [0, 0.05) is 11.9 Å². The average molecular weight is 433 g/mol. The fraction of sp³-hybridized carbons (Fsp3) is 0.304. The van der Waals surface area contributed by atoms with E-state index in [0.29, 0.717) is 33.8 Å². The van der Waals surface area contributed by atoms with Gasteiger partial charge in [0.25, 0.3) is 5.91 Å². The van der Waals surface area contributed by atoms with Crippen LogP contribution in [0.1, 0.15) is 40.4 Å². The first-order valence-electron chi connectivity index (χ1n) is 9.77. The Labute approximate surface area is 178 Å². The van der Waals surface area contributed by atoms with Crippen molar-refractivity contribution in [2.24, 2.45) is 0 Å². The third-order valence-corrected chi connectivity index (χ3v) is 5.68. The highest BCUT2D eigenvalue weighted by molar-refractivity contribution is 7.99. The van der Waals surface area contributed by atoms with Gasteiger partial charge in [-0.25, -0.2) is 4.98 Å². The van der Waals surface area contributed by atoms with E-state index < -0.39 is 11.7 Å². The summed E-state index contributed by atoms with van der Waals surface area (Å²) in [5.74, 6) is 0.413. The zero-order valence-corrected chi connectivity index (χ0v) is 17.7. The number of benzene rings is 2. The molecule has 0 unspecified atom stereocenters. The van der Waals surface area contributed by atoms with E-state index in [1.807, 2.05) is 37.3 Å². The molecule has 3 nitrogen and oxygen atoms in total. The molecule has 1 N–H and O–H groups in total. The molecule has 30 heavy (non-hydrogen) atoms. The summed E-state index contributed by atoms with van der Waals surface area (Å²) in [5.41, 5.74) is 1.79. The fourth-order valence-corrected chi connectivity index (χ4v) is 4.14. The van der Waals surface area contributed by atoms with Crippen LogP contribution < -0.4 is 5.32 Å². The molecule has 3 aromatic rings. The summed E-state index contributed by atoms with van der Waals surface area (Å²) in [6, 6.07) is 13.5. The van der Waals surface area contributed by atoms with Crippen LogP contribution >= 0.6 is 11.8 Å². The largest absolute Gasteiger partial charge is 0.416 e. The molecule has 7 heteroatoms. The highest BCUT2D eigenvalue weighted by atomic mass is 32.2. The van der Waals surface area contributed by atoms with Crippen molar-refractivity contribution in [3.63, 3.8) is 0 Å². The van der Waals surface area contributed by atoms with Crippen LogP contribution in [0, 0.1) is 6.92 Å². The van der Waals surface area contributed by atoms with Gasteiger partial charge in [0.05, 0.1) is 16.6 Å². The highest BCUT2D eigenvalue weighted by Crippen LogP contribution is 2.34. The number of thioether (sulfide) groups is 1. The second-order valence-corrected chi connectivity index (χ2v) is 8.18. The number of aromatic nitrogens is 1. The first-order valence-corrected chi connectivity index (χ1v) is 10.8. The fourth-order valence-electron chi connectivity index (χ4n) is 3.31. The molecule has 1 amide bonds. The van der Waals surface area contributed by atoms with Crippen LogP contribution in [0.2, 0.25) is 0 Å². The number of carbonyl (C=O) groups is 1. The predicted molar refractivity (Wildman–Crippen MR) is 115 cm³/mol. The quantitative estimate of drug-likeness (QED) is 0.366. The third-order valence-electron chi connectivity index (χ3n) is 4.82. The van der Waals surface area contributed by atoms with Gasteiger partial charge < -0.3 is 5.32 Å². The molecule has 0 aliphatic heterocycles. The number of hydrogen-bond donors (Lipinski definition) is 1. The molecular weight excluding hydrogens is 409 g/mol. The van der Waals surface area contributed by atoms with E-state index in [4.69, 9.17) is 0 Å². The Bertz CT molecular complexity index is 1040. The number of aryl methyl sites for hydroxylation is 2. The molecule has 0 aliphatic carbocycles. The van der Waals surface area contributed by atoms with Gasteiger partial charge in [0.1, 0.15) is 5.03 Å². The van der Waals surface area contributed by atoms with Gasteiger partial charge in [-0.1, -0.05) is 43.3 Å². The molecule has 0 fully saturated rings. The number of rotatable bonds is 7. The molecule has 3 rings (SSSR count). The maximum atomic E-state index is 13.1. The molecule has 0 aliphatic rings. The van der Waals surface area contributed by atoms with Gasteiger partial charge in [0.2, 0.25) is 0 Å². The standard InChI is InChI=1S/C23H23F3N2OS/c1-3-30-22-20(21(29)27-13-7-10-16-8-5-4-6-9-16)15(2)18-12-11-17(23(24,25)26)14-19(18)28-22/h4-6,8-9,11-12,14H,3,7,10,13H2,1-2H3,(H,27,29). The first kappa shape index (κ1) is 22.2. The topological polar surface area (TPSA) is 42.0 Å². The SMILES string of the molecule is CCSc1nc2cc(C(F)(F)F)ccc2c(C)c1C(=O)NCCCc1ccccc1. The summed E-state index contributed by atoms with van der Waals surface area (Å²) in [5, 5.41) is 3.95. The van der Waals surface area contributed by atoms with Crippen molar-refractivity contribution in [1.82, 2.24) is 10.3 Å². The lowest BCUT2D eigenvalue weighted by atomic mass is 10.0. The van der Waals surface area contributed by atoms with E-state index in [-0.39, 0.29) is 11.4 Å². The Kier molecular flexibility index (Phi) is 7.02. The van der Waals surface area contributed by atoms with E-state index in [2.05, 4.69) is 10.3 Å². The number of hydrogen-bond acceptors (Lipinski definition) is 3. The van der Waals surface area contributed by atoms with Crippen molar-refractivity contribution < 1.29 is 18.0 Å². The van der Waals surface area contributed by atoms with E-state index >= 15 is 0 Å². The van der Waals surface area contributed by atoms with E-state index in [0.717, 1.165) is 25.0 Å². The minimum Gasteiger partial charge on any atom is -0.352 e. The Morgan fingerprint density at radius 1 is 1.13 bits per heavy atom. The molecule has 0 saturated heterocycles. The van der Waals surface area contributed by atoms with Crippen LogP contribution in [-0.2, 0) is 12.6 Å². The Balaban J connectivity index is 1.83. The minimum atomic E-state index is -4.43. The lowest BCUT2D eigenvalue weighted by molar-refractivity contribution is -0.137. The summed E-state index contributed by atoms with van der Waals surface area (Å²) in [4.78, 5) is 17.3. The number of fused-ring (bicyclic) bond motifs is 1. The van der Waals surface area contributed by atoms with Gasteiger partial charge in [-0.05, 0) is 48.8 Å². The van der Waals surface area contributed by atoms with Gasteiger partial charge >= 0.3 is 6.18 Å². The van der Waals surface area contributed by atoms with Crippen LogP contribution in [-0.4, -0.2) is 23.2 Å². The van der Waals surface area contributed by atoms with Gasteiger partial charge in [-0.3, -0.25) is 4.79 Å². The van der Waals surface area contributed by atoms with Gasteiger partial charge in [-0.15, -0.1) is 11.8 Å². The second kappa shape index (κ2) is 9.51. The number of carbonyl (C=O) groups excluding carboxylic acids is 1. The molecule has 2 aromatic carbocycles. The summed E-state index contributed by atoms with van der Waals surface area (Å²) in [7, 11) is 0. The van der Waals surface area contributed by atoms with Crippen molar-refractivity contribution >= 4 is 28.6 Å². The van der Waals surface area contributed by atoms with Gasteiger partial charge in [-0.2, -0.15) is 13.2 Å². The molecule has 0 atom stereocenters. The number of alkyl halides is 3. The third kappa shape index (κ3) is 5.14. The van der Waals surface area contributed by atoms with Crippen molar-refractivity contribution in [3.05, 3.63) is 70.8 Å². The number of nitrogens with zero attached hydrogens (tertiary/aromatic N) is 1. The molecule has 0 spiro atoms. The number of nitrogens with one attached hydrogen (secondary N) is 1. The van der Waals surface area contributed by atoms with Crippen molar-refractivity contribution in [2.45, 2.75) is 37.9 Å². The normalized spacial score (nSPS) is 11.6. The van der Waals surface area contributed by atoms with Crippen molar-refractivity contribution in [3.8, 4) is 0 Å². The molecule has 0 saturated carbocycles. The lowest BCUT2D eigenvalue weighted by Gasteiger charge is -2.15. The first-order chi connectivity index (χ1) is 14.3. The second-order valence-electron chi connectivity index (χ2n) is 6.92. The average Bonchev–Trinajstić information content (AvgIpc) is 2.71. The highest BCUT2D eigenvalue weighted by Gasteiger charge is 2.31. The Morgan fingerprint density at radius 2 is 1.87 bits per heavy atom. The molecule has 158 valence electrons. The molecule has 1 heterocycles. The Morgan fingerprint density at radius 3 is 2.53 bits per heavy atom. The zero-order chi connectivity index (χ0) is 21.7. The predicted octanol–water partition coefficient (Wildman–Crippen LogP) is 6.04. The minimum absolute atomic E-state index is 0.245. The maximum Gasteiger partial charge on any atom is 0.416 e. The zero-order valence-electron chi connectivity index (χ0n) is 16.8. The van der Waals surface area contributed by atoms with Crippen molar-refractivity contribution in [2.75, 3.05) is 12.3 Å². The number of pyridine rings is 1. The Hall–Kier alpha value is -2.54. The number of halogens is 3. The maximum absolute atomic E-state index is 13.1. The summed E-state index contributed by atoms with van der Waals surface area (Å²) in [6.07, 6.45) is -2.79. The molecular formula is C23H23F3N2OS. The molecule has 0 bridgehead atoms. The molecule has 1 aromatic heterocycles. The summed E-state index contributed by atoms with van der Waals surface area (Å²) >= 11 is 1.36. The summed E-state index contributed by atoms with van der Waals surface area (Å²) < 4.78 is 39.2. The monoisotopic (exact) mass is 432 g/mol. The van der Waals surface area contributed by atoms with Gasteiger partial charge in [0.15, 0.2) is 0 Å². The van der Waals surface area contributed by atoms with E-state index in [9.17, 15) is 18.0 Å². The lowest BCUT2D eigenvalue weighted by Crippen LogP contribution is -2.26. The smallest absolute Gasteiger partial charge is 0.352 e. The van der Waals surface area contributed by atoms with E-state index in [1.54, 1.807) is 6.92 Å². The van der Waals surface area contributed by atoms with Crippen LogP contribution in [0.4, 0.5) is 13.2 Å². The van der Waals surface area contributed by atoms with Crippen LogP contribution in [0.3, 0.4) is 0 Å². The molecule has 0 radical (unpaired) electrons.